The molecule has 3 rings (SSSR count). The molecular weight excluding hydrogens is 300 g/mol. The van der Waals surface area contributed by atoms with Gasteiger partial charge in [0, 0.05) is 0 Å². The molecule has 114 valence electrons. The van der Waals surface area contributed by atoms with Crippen LogP contribution in [0.3, 0.4) is 0 Å². The Labute approximate surface area is 131 Å². The average Bonchev–Trinajstić information content (AvgIpc) is 3.11. The minimum Gasteiger partial charge on any atom is -0.394 e. The highest BCUT2D eigenvalue weighted by atomic mass is 32.1. The number of hydrogen-bond donors (Lipinski definition) is 3. The number of benzene rings is 1. The van der Waals surface area contributed by atoms with Crippen molar-refractivity contribution < 1.29 is 9.90 Å². The van der Waals surface area contributed by atoms with Crippen molar-refractivity contribution in [1.29, 1.82) is 0 Å². The van der Waals surface area contributed by atoms with Crippen LogP contribution in [-0.2, 0) is 4.79 Å². The summed E-state index contributed by atoms with van der Waals surface area (Å²) in [5.74, 6) is 0.159. The molecule has 1 aliphatic rings. The first-order chi connectivity index (χ1) is 10.7. The summed E-state index contributed by atoms with van der Waals surface area (Å²) < 4.78 is 1.08. The number of nitrogens with one attached hydrogen (secondary N) is 2. The molecule has 6 nitrogen and oxygen atoms in total. The highest BCUT2D eigenvalue weighted by Crippen LogP contribution is 2.20. The number of amides is 1. The molecule has 1 aliphatic heterocycles. The first-order valence-corrected chi connectivity index (χ1v) is 7.89. The Morgan fingerprint density at radius 3 is 3.09 bits per heavy atom. The fourth-order valence-corrected chi connectivity index (χ4v) is 2.85. The average molecular weight is 316 g/mol. The van der Waals surface area contributed by atoms with Gasteiger partial charge in [-0.25, -0.2) is 9.98 Å². The highest BCUT2D eigenvalue weighted by Gasteiger charge is 2.22. The first-order valence-electron chi connectivity index (χ1n) is 7.01. The predicted octanol–water partition coefficient (Wildman–Crippen LogP) is 1.48. The summed E-state index contributed by atoms with van der Waals surface area (Å²) in [6.45, 7) is 1.89. The number of carbonyl (C=O) groups is 1. The molecular formula is C15H16N4O2S. The van der Waals surface area contributed by atoms with Crippen LogP contribution in [0.4, 0.5) is 0 Å². The Hall–Kier alpha value is -2.25. The van der Waals surface area contributed by atoms with Crippen LogP contribution in [0.5, 0.6) is 0 Å². The van der Waals surface area contributed by atoms with E-state index in [4.69, 9.17) is 5.11 Å². The molecule has 1 fully saturated rings. The van der Waals surface area contributed by atoms with Crippen LogP contribution in [0.2, 0.25) is 0 Å². The van der Waals surface area contributed by atoms with Crippen LogP contribution in [0.25, 0.3) is 16.3 Å². The molecule has 22 heavy (non-hydrogen) atoms. The minimum atomic E-state index is -0.226. The van der Waals surface area contributed by atoms with Crippen molar-refractivity contribution in [2.24, 2.45) is 4.99 Å². The summed E-state index contributed by atoms with van der Waals surface area (Å²) in [4.78, 5) is 20.5. The number of hydrogen-bond acceptors (Lipinski definition) is 5. The predicted molar refractivity (Wildman–Crippen MR) is 87.5 cm³/mol. The van der Waals surface area contributed by atoms with Gasteiger partial charge in [-0.2, -0.15) is 0 Å². The topological polar surface area (TPSA) is 86.6 Å². The zero-order chi connectivity index (χ0) is 15.5. The van der Waals surface area contributed by atoms with Crippen LogP contribution < -0.4 is 10.6 Å². The molecule has 0 bridgehead atoms. The second kappa shape index (κ2) is 6.25. The highest BCUT2D eigenvalue weighted by molar-refractivity contribution is 7.16. The summed E-state index contributed by atoms with van der Waals surface area (Å²) in [6, 6.07) is 5.63. The molecule has 3 N–H and O–H groups in total. The number of aliphatic hydroxyl groups is 1. The third kappa shape index (κ3) is 3.00. The SMILES string of the molecule is CC[C@H](CO)N=C1NC(=O)/C(=C/c2ccc3ncsc3c2)N1. The van der Waals surface area contributed by atoms with Gasteiger partial charge in [-0.05, 0) is 30.2 Å². The van der Waals surface area contributed by atoms with Crippen LogP contribution in [0, 0.1) is 0 Å². The zero-order valence-corrected chi connectivity index (χ0v) is 12.9. The fourth-order valence-electron chi connectivity index (χ4n) is 2.13. The van der Waals surface area contributed by atoms with Gasteiger partial charge in [-0.1, -0.05) is 13.0 Å². The molecule has 2 heterocycles. The van der Waals surface area contributed by atoms with E-state index in [1.807, 2.05) is 25.1 Å². The van der Waals surface area contributed by atoms with Crippen molar-refractivity contribution in [3.8, 4) is 0 Å². The van der Waals surface area contributed by atoms with Gasteiger partial charge in [0.15, 0.2) is 0 Å². The number of aliphatic hydroxyl groups excluding tert-OH is 1. The Morgan fingerprint density at radius 1 is 1.45 bits per heavy atom. The van der Waals surface area contributed by atoms with Gasteiger partial charge in [0.25, 0.3) is 5.91 Å². The Kier molecular flexibility index (Phi) is 4.17. The van der Waals surface area contributed by atoms with Gasteiger partial charge < -0.3 is 10.4 Å². The summed E-state index contributed by atoms with van der Waals surface area (Å²) >= 11 is 1.56. The van der Waals surface area contributed by atoms with E-state index < -0.39 is 0 Å². The molecule has 0 radical (unpaired) electrons. The number of thiazole rings is 1. The van der Waals surface area contributed by atoms with Gasteiger partial charge in [0.05, 0.1) is 28.4 Å². The molecule has 1 aromatic carbocycles. The summed E-state index contributed by atoms with van der Waals surface area (Å²) in [7, 11) is 0. The van der Waals surface area contributed by atoms with Crippen LogP contribution in [-0.4, -0.2) is 34.6 Å². The number of fused-ring (bicyclic) bond motifs is 1. The van der Waals surface area contributed by atoms with E-state index in [1.165, 1.54) is 0 Å². The Morgan fingerprint density at radius 2 is 2.32 bits per heavy atom. The maximum absolute atomic E-state index is 12.0. The Bertz CT molecular complexity index is 762. The van der Waals surface area contributed by atoms with E-state index in [2.05, 4.69) is 20.6 Å². The van der Waals surface area contributed by atoms with E-state index >= 15 is 0 Å². The van der Waals surface area contributed by atoms with E-state index in [0.717, 1.165) is 15.8 Å². The molecule has 1 saturated heterocycles. The third-order valence-electron chi connectivity index (χ3n) is 3.39. The van der Waals surface area contributed by atoms with Crippen molar-refractivity contribution in [3.05, 3.63) is 35.0 Å². The second-order valence-corrected chi connectivity index (χ2v) is 5.83. The van der Waals surface area contributed by atoms with Crippen LogP contribution >= 0.6 is 11.3 Å². The largest absolute Gasteiger partial charge is 0.394 e. The zero-order valence-electron chi connectivity index (χ0n) is 12.0. The monoisotopic (exact) mass is 316 g/mol. The number of guanidine groups is 1. The molecule has 2 aromatic rings. The number of rotatable bonds is 4. The molecule has 1 atom stereocenters. The van der Waals surface area contributed by atoms with Gasteiger partial charge in [0.2, 0.25) is 5.96 Å². The summed E-state index contributed by atoms with van der Waals surface area (Å²) in [5.41, 5.74) is 4.11. The minimum absolute atomic E-state index is 0.0430. The van der Waals surface area contributed by atoms with Crippen molar-refractivity contribution in [3.63, 3.8) is 0 Å². The first kappa shape index (κ1) is 14.7. The summed E-state index contributed by atoms with van der Waals surface area (Å²) in [5, 5.41) is 14.8. The number of aromatic nitrogens is 1. The van der Waals surface area contributed by atoms with Gasteiger partial charge in [-0.15, -0.1) is 11.3 Å². The normalized spacial score (nSPS) is 19.6. The molecule has 7 heteroatoms. The molecule has 1 amide bonds. The third-order valence-corrected chi connectivity index (χ3v) is 4.18. The lowest BCUT2D eigenvalue weighted by Gasteiger charge is -2.06. The van der Waals surface area contributed by atoms with Crippen molar-refractivity contribution >= 4 is 39.5 Å². The van der Waals surface area contributed by atoms with Crippen molar-refractivity contribution in [2.45, 2.75) is 19.4 Å². The van der Waals surface area contributed by atoms with E-state index in [9.17, 15) is 4.79 Å². The Balaban J connectivity index is 1.83. The number of aliphatic imine (C=N–C) groups is 1. The van der Waals surface area contributed by atoms with Gasteiger partial charge >= 0.3 is 0 Å². The van der Waals surface area contributed by atoms with E-state index in [-0.39, 0.29) is 18.6 Å². The molecule has 0 saturated carbocycles. The van der Waals surface area contributed by atoms with Crippen molar-refractivity contribution in [2.75, 3.05) is 6.61 Å². The lowest BCUT2D eigenvalue weighted by atomic mass is 10.2. The van der Waals surface area contributed by atoms with Crippen molar-refractivity contribution in [1.82, 2.24) is 15.6 Å². The fraction of sp³-hybridized carbons (Fsp3) is 0.267. The smallest absolute Gasteiger partial charge is 0.274 e. The molecule has 1 aromatic heterocycles. The lowest BCUT2D eigenvalue weighted by Crippen LogP contribution is -2.28. The standard InChI is InChI=1S/C15H16N4O2S/c1-2-10(7-20)17-15-18-12(14(21)19-15)5-9-3-4-11-13(6-9)22-8-16-11/h3-6,8,10,20H,2,7H2,1H3,(H2,17,18,19,21)/b12-5-/t10-/m1/s1. The lowest BCUT2D eigenvalue weighted by molar-refractivity contribution is -0.115. The maximum atomic E-state index is 12.0. The number of nitrogens with zero attached hydrogens (tertiary/aromatic N) is 2. The van der Waals surface area contributed by atoms with Gasteiger partial charge in [-0.3, -0.25) is 10.1 Å². The molecule has 0 unspecified atom stereocenters. The number of carbonyl (C=O) groups excluding carboxylic acids is 1. The molecule has 0 spiro atoms. The van der Waals surface area contributed by atoms with Crippen LogP contribution in [0.1, 0.15) is 18.9 Å². The van der Waals surface area contributed by atoms with E-state index in [0.29, 0.717) is 18.1 Å². The van der Waals surface area contributed by atoms with Crippen LogP contribution in [0.15, 0.2) is 34.4 Å². The van der Waals surface area contributed by atoms with E-state index in [1.54, 1.807) is 22.9 Å². The second-order valence-electron chi connectivity index (χ2n) is 4.94. The molecule has 0 aliphatic carbocycles. The van der Waals surface area contributed by atoms with Gasteiger partial charge in [0.1, 0.15) is 5.70 Å². The maximum Gasteiger partial charge on any atom is 0.274 e. The summed E-state index contributed by atoms with van der Waals surface area (Å²) in [6.07, 6.45) is 2.48. The quantitative estimate of drug-likeness (QED) is 0.746.